The molecule has 2 N–H and O–H groups in total. The molecule has 1 rings (SSSR count). The second-order valence-corrected chi connectivity index (χ2v) is 2.00. The quantitative estimate of drug-likeness (QED) is 0.748. The standard InChI is InChI=1S/C6H10NO2.Re/c7-4-5(8)6-2-1-3-9-6;/h1-2,5-8H,3-4H2;/q-1;/t5-,6+;/m1./s1. The minimum absolute atomic E-state index is 0. The Balaban J connectivity index is 0.000000810. The van der Waals surface area contributed by atoms with E-state index in [-0.39, 0.29) is 33.1 Å². The molecule has 1 heterocycles. The van der Waals surface area contributed by atoms with Gasteiger partial charge in [-0.3, -0.25) is 0 Å². The van der Waals surface area contributed by atoms with Crippen molar-refractivity contribution in [3.05, 3.63) is 17.9 Å². The molecular weight excluding hydrogens is 304 g/mol. The van der Waals surface area contributed by atoms with Gasteiger partial charge in [0.1, 0.15) is 6.10 Å². The first-order chi connectivity index (χ1) is 4.34. The van der Waals surface area contributed by atoms with E-state index < -0.39 is 6.10 Å². The summed E-state index contributed by atoms with van der Waals surface area (Å²) >= 11 is 0. The van der Waals surface area contributed by atoms with Gasteiger partial charge in [0.25, 0.3) is 0 Å². The fourth-order valence-electron chi connectivity index (χ4n) is 0.767. The van der Waals surface area contributed by atoms with Gasteiger partial charge in [-0.05, 0) is 0 Å². The second kappa shape index (κ2) is 5.00. The van der Waals surface area contributed by atoms with Crippen LogP contribution >= 0.6 is 0 Å². The molecule has 1 aliphatic heterocycles. The van der Waals surface area contributed by atoms with Gasteiger partial charge in [0.2, 0.25) is 0 Å². The third-order valence-corrected chi connectivity index (χ3v) is 1.30. The molecule has 1 aliphatic rings. The molecule has 4 heteroatoms. The molecule has 0 aromatic rings. The van der Waals surface area contributed by atoms with E-state index in [2.05, 4.69) is 0 Å². The molecule has 0 fully saturated rings. The molecule has 0 saturated heterocycles. The van der Waals surface area contributed by atoms with E-state index >= 15 is 0 Å². The second-order valence-electron chi connectivity index (χ2n) is 2.00. The molecule has 2 atom stereocenters. The monoisotopic (exact) mass is 315 g/mol. The average molecular weight is 314 g/mol. The maximum atomic E-state index is 8.99. The van der Waals surface area contributed by atoms with Crippen LogP contribution in [0.4, 0.5) is 0 Å². The number of nitrogens with one attached hydrogen (secondary N) is 1. The van der Waals surface area contributed by atoms with Crippen LogP contribution in [-0.2, 0) is 25.2 Å². The molecule has 0 aliphatic carbocycles. The molecule has 1 radical (unpaired) electrons. The number of rotatable bonds is 2. The van der Waals surface area contributed by atoms with E-state index in [1.54, 1.807) is 6.08 Å². The van der Waals surface area contributed by atoms with Crippen LogP contribution in [0.15, 0.2) is 12.2 Å². The predicted molar refractivity (Wildman–Crippen MR) is 34.1 cm³/mol. The molecule has 0 unspecified atom stereocenters. The van der Waals surface area contributed by atoms with Crippen LogP contribution in [0.1, 0.15) is 0 Å². The Morgan fingerprint density at radius 2 is 2.50 bits per heavy atom. The molecule has 0 aromatic heterocycles. The van der Waals surface area contributed by atoms with E-state index in [0.717, 1.165) is 0 Å². The maximum absolute atomic E-state index is 8.99. The SMILES string of the molecule is [NH-]C[C@@H](O)[C@@H]1C=CCO1.[Re]. The summed E-state index contributed by atoms with van der Waals surface area (Å²) in [7, 11) is 0. The molecule has 0 spiro atoms. The molecular formula is C6H10NO2Re-. The van der Waals surface area contributed by atoms with E-state index in [1.807, 2.05) is 6.08 Å². The van der Waals surface area contributed by atoms with Crippen molar-refractivity contribution in [3.63, 3.8) is 0 Å². The van der Waals surface area contributed by atoms with Crippen LogP contribution in [0.5, 0.6) is 0 Å². The van der Waals surface area contributed by atoms with Crippen LogP contribution < -0.4 is 0 Å². The molecule has 0 aromatic carbocycles. The number of ether oxygens (including phenoxy) is 1. The molecule has 0 saturated carbocycles. The van der Waals surface area contributed by atoms with Crippen molar-refractivity contribution in [3.8, 4) is 0 Å². The topological polar surface area (TPSA) is 53.3 Å². The van der Waals surface area contributed by atoms with Crippen molar-refractivity contribution >= 4 is 0 Å². The molecule has 0 bridgehead atoms. The summed E-state index contributed by atoms with van der Waals surface area (Å²) in [4.78, 5) is 0. The Bertz CT molecular complexity index is 118. The number of hydrogen-bond donors (Lipinski definition) is 1. The number of aliphatic hydroxyl groups excluding tert-OH is 1. The minimum Gasteiger partial charge on any atom is -0.675 e. The van der Waals surface area contributed by atoms with Crippen LogP contribution in [0, 0.1) is 0 Å². The van der Waals surface area contributed by atoms with Gasteiger partial charge in [-0.15, -0.1) is 6.54 Å². The van der Waals surface area contributed by atoms with E-state index in [0.29, 0.717) is 6.61 Å². The van der Waals surface area contributed by atoms with Gasteiger partial charge in [0.05, 0.1) is 12.7 Å². The summed E-state index contributed by atoms with van der Waals surface area (Å²) in [6, 6.07) is 0. The maximum Gasteiger partial charge on any atom is 0.100 e. The zero-order valence-corrected chi connectivity index (χ0v) is 8.17. The summed E-state index contributed by atoms with van der Waals surface area (Å²) in [5, 5.41) is 8.99. The fourth-order valence-corrected chi connectivity index (χ4v) is 0.767. The van der Waals surface area contributed by atoms with Gasteiger partial charge in [0.15, 0.2) is 0 Å². The summed E-state index contributed by atoms with van der Waals surface area (Å²) in [6.45, 7) is 0.580. The fraction of sp³-hybridized carbons (Fsp3) is 0.667. The Morgan fingerprint density at radius 1 is 1.80 bits per heavy atom. The largest absolute Gasteiger partial charge is 0.675 e. The minimum atomic E-state index is -0.649. The molecule has 0 amide bonds. The predicted octanol–water partition coefficient (Wildman–Crippen LogP) is 0.352. The zero-order valence-electron chi connectivity index (χ0n) is 5.46. The van der Waals surface area contributed by atoms with Crippen molar-refractivity contribution < 1.29 is 30.3 Å². The van der Waals surface area contributed by atoms with Crippen LogP contribution in [0.25, 0.3) is 5.73 Å². The first kappa shape index (κ1) is 10.3. The Labute approximate surface area is 73.9 Å². The zero-order chi connectivity index (χ0) is 6.69. The van der Waals surface area contributed by atoms with Crippen LogP contribution in [0.3, 0.4) is 0 Å². The van der Waals surface area contributed by atoms with Crippen molar-refractivity contribution in [2.45, 2.75) is 12.2 Å². The van der Waals surface area contributed by atoms with Crippen molar-refractivity contribution in [2.75, 3.05) is 13.2 Å². The first-order valence-electron chi connectivity index (χ1n) is 2.95. The van der Waals surface area contributed by atoms with Crippen molar-refractivity contribution in [1.29, 1.82) is 0 Å². The first-order valence-corrected chi connectivity index (χ1v) is 2.95. The van der Waals surface area contributed by atoms with Crippen LogP contribution in [-0.4, -0.2) is 30.5 Å². The van der Waals surface area contributed by atoms with Gasteiger partial charge < -0.3 is 15.6 Å². The van der Waals surface area contributed by atoms with E-state index in [4.69, 9.17) is 15.6 Å². The normalized spacial score (nSPS) is 26.0. The molecule has 10 heavy (non-hydrogen) atoms. The van der Waals surface area contributed by atoms with E-state index in [9.17, 15) is 0 Å². The Kier molecular flexibility index (Phi) is 5.14. The number of hydrogen-bond acceptors (Lipinski definition) is 2. The van der Waals surface area contributed by atoms with Crippen LogP contribution in [0.2, 0.25) is 0 Å². The summed E-state index contributed by atoms with van der Waals surface area (Å²) in [5.74, 6) is 0. The number of aliphatic hydroxyl groups is 1. The van der Waals surface area contributed by atoms with Gasteiger partial charge >= 0.3 is 0 Å². The van der Waals surface area contributed by atoms with Gasteiger partial charge in [-0.1, -0.05) is 12.2 Å². The Morgan fingerprint density at radius 3 is 2.90 bits per heavy atom. The average Bonchev–Trinajstić information content (AvgIpc) is 2.37. The van der Waals surface area contributed by atoms with Crippen molar-refractivity contribution in [1.82, 2.24) is 0 Å². The molecule has 59 valence electrons. The van der Waals surface area contributed by atoms with Crippen molar-refractivity contribution in [2.24, 2.45) is 0 Å². The van der Waals surface area contributed by atoms with Gasteiger partial charge in [0, 0.05) is 20.4 Å². The third kappa shape index (κ3) is 2.49. The van der Waals surface area contributed by atoms with Gasteiger partial charge in [-0.25, -0.2) is 0 Å². The summed E-state index contributed by atoms with van der Waals surface area (Å²) in [5.41, 5.74) is 6.81. The van der Waals surface area contributed by atoms with E-state index in [1.165, 1.54) is 0 Å². The molecule has 3 nitrogen and oxygen atoms in total. The summed E-state index contributed by atoms with van der Waals surface area (Å²) < 4.78 is 5.02. The summed E-state index contributed by atoms with van der Waals surface area (Å²) in [6.07, 6.45) is 2.76. The van der Waals surface area contributed by atoms with Gasteiger partial charge in [-0.2, -0.15) is 0 Å². The third-order valence-electron chi connectivity index (χ3n) is 1.30. The smallest absolute Gasteiger partial charge is 0.100 e. The Hall–Kier alpha value is 0.282.